The highest BCUT2D eigenvalue weighted by Gasteiger charge is 2.17. The Morgan fingerprint density at radius 2 is 1.83 bits per heavy atom. The third-order valence-corrected chi connectivity index (χ3v) is 5.69. The van der Waals surface area contributed by atoms with E-state index in [1.54, 1.807) is 18.7 Å². The van der Waals surface area contributed by atoms with Crippen LogP contribution in [0.25, 0.3) is 10.9 Å². The van der Waals surface area contributed by atoms with Crippen LogP contribution in [0.2, 0.25) is 0 Å². The minimum absolute atomic E-state index is 0.00124. The average molecular weight is 393 g/mol. The van der Waals surface area contributed by atoms with Crippen molar-refractivity contribution >= 4 is 22.3 Å². The van der Waals surface area contributed by atoms with Crippen molar-refractivity contribution in [1.82, 2.24) is 4.57 Å². The number of aromatic nitrogens is 1. The first-order chi connectivity index (χ1) is 14.0. The standard InChI is InChI=1S/C23H27N3O3/c1-25-22-8-7-21(29-2)14-16(22)13-17(23(25)28)15-24-18-3-5-19(6-4-18)26-11-9-20(27)10-12-26/h3-8,13-14,20,24,27H,9-12,15H2,1-2H3. The highest BCUT2D eigenvalue weighted by molar-refractivity contribution is 5.81. The second-order valence-corrected chi connectivity index (χ2v) is 7.58. The Morgan fingerprint density at radius 1 is 1.10 bits per heavy atom. The SMILES string of the molecule is COc1ccc2c(c1)cc(CNc1ccc(N3CCC(O)CC3)cc1)c(=O)n2C. The van der Waals surface area contributed by atoms with Crippen LogP contribution in [0.1, 0.15) is 18.4 Å². The van der Waals surface area contributed by atoms with Gasteiger partial charge in [-0.25, -0.2) is 0 Å². The number of aliphatic hydroxyl groups excluding tert-OH is 1. The quantitative estimate of drug-likeness (QED) is 0.697. The lowest BCUT2D eigenvalue weighted by Crippen LogP contribution is -2.35. The van der Waals surface area contributed by atoms with Gasteiger partial charge >= 0.3 is 0 Å². The molecule has 1 fully saturated rings. The molecule has 2 heterocycles. The number of piperidine rings is 1. The average Bonchev–Trinajstić information content (AvgIpc) is 2.76. The molecule has 3 aromatic rings. The molecule has 0 amide bonds. The van der Waals surface area contributed by atoms with Crippen LogP contribution < -0.4 is 20.5 Å². The molecule has 6 heteroatoms. The molecule has 1 aliphatic rings. The van der Waals surface area contributed by atoms with Crippen molar-refractivity contribution in [1.29, 1.82) is 0 Å². The first-order valence-electron chi connectivity index (χ1n) is 9.99. The Morgan fingerprint density at radius 3 is 2.52 bits per heavy atom. The molecule has 152 valence electrons. The number of nitrogens with zero attached hydrogens (tertiary/aromatic N) is 2. The lowest BCUT2D eigenvalue weighted by atomic mass is 10.1. The summed E-state index contributed by atoms with van der Waals surface area (Å²) in [5.74, 6) is 0.774. The van der Waals surface area contributed by atoms with Gasteiger partial charge in [-0.15, -0.1) is 0 Å². The molecule has 1 aromatic heterocycles. The Labute approximate surface area is 170 Å². The minimum Gasteiger partial charge on any atom is -0.497 e. The molecule has 6 nitrogen and oxygen atoms in total. The van der Waals surface area contributed by atoms with Crippen molar-refractivity contribution < 1.29 is 9.84 Å². The van der Waals surface area contributed by atoms with Crippen LogP contribution in [0, 0.1) is 0 Å². The topological polar surface area (TPSA) is 66.7 Å². The lowest BCUT2D eigenvalue weighted by Gasteiger charge is -2.31. The van der Waals surface area contributed by atoms with Crippen LogP contribution in [0.5, 0.6) is 5.75 Å². The van der Waals surface area contributed by atoms with Gasteiger partial charge in [0.25, 0.3) is 5.56 Å². The Hall–Kier alpha value is -2.99. The number of methoxy groups -OCH3 is 1. The molecule has 4 rings (SSSR count). The Bertz CT molecular complexity index is 1050. The van der Waals surface area contributed by atoms with Gasteiger partial charge in [0.05, 0.1) is 18.7 Å². The van der Waals surface area contributed by atoms with Gasteiger partial charge in [0.2, 0.25) is 0 Å². The smallest absolute Gasteiger partial charge is 0.255 e. The summed E-state index contributed by atoms with van der Waals surface area (Å²) in [6.45, 7) is 2.21. The monoisotopic (exact) mass is 393 g/mol. The number of benzene rings is 2. The van der Waals surface area contributed by atoms with Crippen molar-refractivity contribution in [2.45, 2.75) is 25.5 Å². The van der Waals surface area contributed by atoms with Crippen LogP contribution in [0.3, 0.4) is 0 Å². The molecule has 1 saturated heterocycles. The Balaban J connectivity index is 1.49. The maximum absolute atomic E-state index is 12.7. The van der Waals surface area contributed by atoms with Crippen molar-refractivity contribution in [3.8, 4) is 5.75 Å². The molecule has 0 spiro atoms. The molecule has 0 radical (unpaired) electrons. The summed E-state index contributed by atoms with van der Waals surface area (Å²) in [6, 6.07) is 15.9. The van der Waals surface area contributed by atoms with E-state index < -0.39 is 0 Å². The summed E-state index contributed by atoms with van der Waals surface area (Å²) < 4.78 is 6.99. The number of nitrogens with one attached hydrogen (secondary N) is 1. The zero-order valence-corrected chi connectivity index (χ0v) is 16.9. The first-order valence-corrected chi connectivity index (χ1v) is 9.99. The molecule has 0 atom stereocenters. The summed E-state index contributed by atoms with van der Waals surface area (Å²) in [6.07, 6.45) is 1.46. The summed E-state index contributed by atoms with van der Waals surface area (Å²) in [4.78, 5) is 15.0. The molecule has 0 aliphatic carbocycles. The number of aryl methyl sites for hydroxylation is 1. The van der Waals surface area contributed by atoms with Crippen LogP contribution in [0.4, 0.5) is 11.4 Å². The zero-order chi connectivity index (χ0) is 20.4. The Kier molecular flexibility index (Phi) is 5.45. The van der Waals surface area contributed by atoms with E-state index in [1.165, 1.54) is 0 Å². The van der Waals surface area contributed by atoms with E-state index in [-0.39, 0.29) is 11.7 Å². The maximum atomic E-state index is 12.7. The van der Waals surface area contributed by atoms with E-state index in [9.17, 15) is 9.90 Å². The van der Waals surface area contributed by atoms with Crippen LogP contribution >= 0.6 is 0 Å². The largest absolute Gasteiger partial charge is 0.497 e. The van der Waals surface area contributed by atoms with E-state index in [0.29, 0.717) is 12.1 Å². The van der Waals surface area contributed by atoms with E-state index in [4.69, 9.17) is 4.74 Å². The fourth-order valence-corrected chi connectivity index (χ4v) is 3.89. The second-order valence-electron chi connectivity index (χ2n) is 7.58. The highest BCUT2D eigenvalue weighted by Crippen LogP contribution is 2.23. The van der Waals surface area contributed by atoms with Gasteiger partial charge in [0.15, 0.2) is 0 Å². The summed E-state index contributed by atoms with van der Waals surface area (Å²) >= 11 is 0. The van der Waals surface area contributed by atoms with E-state index in [0.717, 1.165) is 54.0 Å². The third-order valence-electron chi connectivity index (χ3n) is 5.69. The normalized spacial score (nSPS) is 14.9. The molecule has 0 unspecified atom stereocenters. The lowest BCUT2D eigenvalue weighted by molar-refractivity contribution is 0.145. The molecule has 29 heavy (non-hydrogen) atoms. The van der Waals surface area contributed by atoms with Gasteiger partial charge in [0.1, 0.15) is 5.75 Å². The number of hydrogen-bond donors (Lipinski definition) is 2. The molecule has 0 saturated carbocycles. The van der Waals surface area contributed by atoms with Crippen LogP contribution in [-0.2, 0) is 13.6 Å². The van der Waals surface area contributed by atoms with Crippen molar-refractivity contribution in [2.75, 3.05) is 30.4 Å². The molecular weight excluding hydrogens is 366 g/mol. The zero-order valence-electron chi connectivity index (χ0n) is 16.9. The maximum Gasteiger partial charge on any atom is 0.255 e. The number of fused-ring (bicyclic) bond motifs is 1. The van der Waals surface area contributed by atoms with Gasteiger partial charge in [0, 0.05) is 49.0 Å². The van der Waals surface area contributed by atoms with Gasteiger partial charge in [-0.2, -0.15) is 0 Å². The number of anilines is 2. The van der Waals surface area contributed by atoms with E-state index >= 15 is 0 Å². The molecule has 2 aromatic carbocycles. The highest BCUT2D eigenvalue weighted by atomic mass is 16.5. The minimum atomic E-state index is -0.170. The van der Waals surface area contributed by atoms with Crippen LogP contribution in [0.15, 0.2) is 53.3 Å². The van der Waals surface area contributed by atoms with Crippen molar-refractivity contribution in [3.63, 3.8) is 0 Å². The van der Waals surface area contributed by atoms with Crippen molar-refractivity contribution in [3.05, 3.63) is 64.4 Å². The van der Waals surface area contributed by atoms with Crippen LogP contribution in [-0.4, -0.2) is 36.0 Å². The second kappa shape index (κ2) is 8.17. The molecular formula is C23H27N3O3. The summed E-state index contributed by atoms with van der Waals surface area (Å²) in [5.41, 5.74) is 3.73. The predicted molar refractivity (Wildman–Crippen MR) is 117 cm³/mol. The predicted octanol–water partition coefficient (Wildman–Crippen LogP) is 3.12. The molecule has 0 bridgehead atoms. The van der Waals surface area contributed by atoms with Gasteiger partial charge in [-0.1, -0.05) is 0 Å². The van der Waals surface area contributed by atoms with Gasteiger partial charge in [-0.05, 0) is 61.4 Å². The number of rotatable bonds is 5. The first kappa shape index (κ1) is 19.3. The summed E-state index contributed by atoms with van der Waals surface area (Å²) in [5, 5.41) is 14.0. The third kappa shape index (κ3) is 4.07. The van der Waals surface area contributed by atoms with Crippen molar-refractivity contribution in [2.24, 2.45) is 7.05 Å². The van der Waals surface area contributed by atoms with E-state index in [2.05, 4.69) is 22.3 Å². The molecule has 2 N–H and O–H groups in total. The number of pyridine rings is 1. The van der Waals surface area contributed by atoms with Gasteiger partial charge < -0.3 is 24.6 Å². The summed E-state index contributed by atoms with van der Waals surface area (Å²) in [7, 11) is 3.44. The number of ether oxygens (including phenoxy) is 1. The van der Waals surface area contributed by atoms with E-state index in [1.807, 2.05) is 36.4 Å². The fourth-order valence-electron chi connectivity index (χ4n) is 3.89. The molecule has 1 aliphatic heterocycles. The van der Waals surface area contributed by atoms with Gasteiger partial charge in [-0.3, -0.25) is 4.79 Å². The fraction of sp³-hybridized carbons (Fsp3) is 0.348. The number of hydrogen-bond acceptors (Lipinski definition) is 5. The number of aliphatic hydroxyl groups is 1.